The fourth-order valence-electron chi connectivity index (χ4n) is 3.04. The Kier molecular flexibility index (Phi) is 6.53. The summed E-state index contributed by atoms with van der Waals surface area (Å²) in [5, 5.41) is 3.67. The first-order valence-electron chi connectivity index (χ1n) is 8.71. The molecule has 0 saturated carbocycles. The molecule has 1 aromatic rings. The Morgan fingerprint density at radius 3 is 2.42 bits per heavy atom. The highest BCUT2D eigenvalue weighted by Crippen LogP contribution is 2.27. The number of nitrogens with one attached hydrogen (secondary N) is 1. The van der Waals surface area contributed by atoms with Gasteiger partial charge in [-0.15, -0.1) is 0 Å². The Morgan fingerprint density at radius 1 is 1.29 bits per heavy atom. The molecule has 1 aromatic carbocycles. The number of carbonyl (C=O) groups is 1. The van der Waals surface area contributed by atoms with Crippen molar-refractivity contribution in [1.82, 2.24) is 10.2 Å². The van der Waals surface area contributed by atoms with E-state index in [0.29, 0.717) is 18.5 Å². The first-order chi connectivity index (χ1) is 11.2. The van der Waals surface area contributed by atoms with Crippen LogP contribution in [0.1, 0.15) is 52.1 Å². The first-order valence-corrected chi connectivity index (χ1v) is 9.09. The molecule has 5 heteroatoms. The molecule has 1 N–H and O–H groups in total. The number of ether oxygens (including phenoxy) is 1. The molecule has 0 bridgehead atoms. The van der Waals surface area contributed by atoms with E-state index < -0.39 is 5.60 Å². The summed E-state index contributed by atoms with van der Waals surface area (Å²) in [6.07, 6.45) is 1.86. The summed E-state index contributed by atoms with van der Waals surface area (Å²) in [4.78, 5) is 14.2. The third-order valence-electron chi connectivity index (χ3n) is 4.48. The van der Waals surface area contributed by atoms with Crippen molar-refractivity contribution >= 4 is 17.7 Å². The quantitative estimate of drug-likeness (QED) is 0.858. The van der Waals surface area contributed by atoms with E-state index in [-0.39, 0.29) is 6.09 Å². The lowest BCUT2D eigenvalue weighted by Crippen LogP contribution is -2.41. The number of halogens is 1. The van der Waals surface area contributed by atoms with Crippen LogP contribution >= 0.6 is 11.6 Å². The topological polar surface area (TPSA) is 41.6 Å². The minimum atomic E-state index is -0.443. The molecule has 0 aromatic heterocycles. The fourth-order valence-corrected chi connectivity index (χ4v) is 3.16. The minimum Gasteiger partial charge on any atom is -0.444 e. The lowest BCUT2D eigenvalue weighted by atomic mass is 9.94. The Hall–Kier alpha value is -1.26. The maximum Gasteiger partial charge on any atom is 0.407 e. The highest BCUT2D eigenvalue weighted by atomic mass is 35.5. The van der Waals surface area contributed by atoms with Gasteiger partial charge in [0, 0.05) is 17.6 Å². The zero-order chi connectivity index (χ0) is 17.7. The van der Waals surface area contributed by atoms with Crippen LogP contribution in [-0.2, 0) is 4.74 Å². The van der Waals surface area contributed by atoms with E-state index >= 15 is 0 Å². The molecule has 1 aliphatic heterocycles. The van der Waals surface area contributed by atoms with Gasteiger partial charge in [0.15, 0.2) is 0 Å². The maximum absolute atomic E-state index is 11.7. The summed E-state index contributed by atoms with van der Waals surface area (Å²) in [7, 11) is 0. The van der Waals surface area contributed by atoms with E-state index in [1.807, 2.05) is 32.9 Å². The standard InChI is InChI=1S/C19H29ClN2O2/c1-14(16-5-7-17(20)8-6-16)22-11-9-15(10-12-22)13-21-18(23)24-19(2,3)4/h5-8,14-15H,9-13H2,1-4H3,(H,21,23). The lowest BCUT2D eigenvalue weighted by molar-refractivity contribution is 0.0506. The van der Waals surface area contributed by atoms with E-state index in [4.69, 9.17) is 16.3 Å². The Labute approximate surface area is 150 Å². The third kappa shape index (κ3) is 5.99. The molecule has 1 amide bonds. The zero-order valence-electron chi connectivity index (χ0n) is 15.1. The molecule has 0 aliphatic carbocycles. The number of amides is 1. The van der Waals surface area contributed by atoms with Crippen molar-refractivity contribution in [1.29, 1.82) is 0 Å². The molecule has 1 aliphatic rings. The summed E-state index contributed by atoms with van der Waals surface area (Å²) in [5.41, 5.74) is 0.853. The number of hydrogen-bond acceptors (Lipinski definition) is 3. The number of benzene rings is 1. The number of hydrogen-bond donors (Lipinski definition) is 1. The predicted octanol–water partition coefficient (Wildman–Crippen LogP) is 4.64. The van der Waals surface area contributed by atoms with Gasteiger partial charge in [0.05, 0.1) is 0 Å². The van der Waals surface area contributed by atoms with Crippen LogP contribution in [0.15, 0.2) is 24.3 Å². The van der Waals surface area contributed by atoms with Gasteiger partial charge >= 0.3 is 6.09 Å². The van der Waals surface area contributed by atoms with E-state index in [0.717, 1.165) is 31.0 Å². The number of likely N-dealkylation sites (tertiary alicyclic amines) is 1. The van der Waals surface area contributed by atoms with Gasteiger partial charge < -0.3 is 10.1 Å². The minimum absolute atomic E-state index is 0.320. The van der Waals surface area contributed by atoms with Crippen molar-refractivity contribution in [3.05, 3.63) is 34.9 Å². The van der Waals surface area contributed by atoms with Gasteiger partial charge in [-0.05, 0) is 77.2 Å². The third-order valence-corrected chi connectivity index (χ3v) is 4.74. The molecule has 1 fully saturated rings. The van der Waals surface area contributed by atoms with Crippen molar-refractivity contribution in [2.24, 2.45) is 5.92 Å². The van der Waals surface area contributed by atoms with E-state index in [1.165, 1.54) is 5.56 Å². The molecule has 0 radical (unpaired) electrons. The normalized spacial score (nSPS) is 18.2. The summed E-state index contributed by atoms with van der Waals surface area (Å²) < 4.78 is 5.28. The number of carbonyl (C=O) groups excluding carboxylic acids is 1. The van der Waals surface area contributed by atoms with Gasteiger partial charge in [-0.2, -0.15) is 0 Å². The van der Waals surface area contributed by atoms with Crippen molar-refractivity contribution in [3.8, 4) is 0 Å². The van der Waals surface area contributed by atoms with Crippen LogP contribution in [0.5, 0.6) is 0 Å². The zero-order valence-corrected chi connectivity index (χ0v) is 15.9. The van der Waals surface area contributed by atoms with Crippen LogP contribution in [-0.4, -0.2) is 36.2 Å². The monoisotopic (exact) mass is 352 g/mol. The smallest absolute Gasteiger partial charge is 0.407 e. The van der Waals surface area contributed by atoms with E-state index in [9.17, 15) is 4.79 Å². The van der Waals surface area contributed by atoms with Crippen LogP contribution < -0.4 is 5.32 Å². The van der Waals surface area contributed by atoms with Gasteiger partial charge in [-0.25, -0.2) is 4.79 Å². The second-order valence-corrected chi connectivity index (χ2v) is 8.03. The number of piperidine rings is 1. The summed E-state index contributed by atoms with van der Waals surface area (Å²) in [5.74, 6) is 0.520. The van der Waals surface area contributed by atoms with Gasteiger partial charge in [0.25, 0.3) is 0 Å². The average Bonchev–Trinajstić information content (AvgIpc) is 2.52. The van der Waals surface area contributed by atoms with Crippen LogP contribution in [0, 0.1) is 5.92 Å². The molecule has 2 rings (SSSR count). The molecule has 134 valence electrons. The highest BCUT2D eigenvalue weighted by Gasteiger charge is 2.24. The van der Waals surface area contributed by atoms with Crippen LogP contribution in [0.4, 0.5) is 4.79 Å². The molecule has 4 nitrogen and oxygen atoms in total. The SMILES string of the molecule is CC(c1ccc(Cl)cc1)N1CCC(CNC(=O)OC(C)(C)C)CC1. The number of nitrogens with zero attached hydrogens (tertiary/aromatic N) is 1. The fraction of sp³-hybridized carbons (Fsp3) is 0.632. The molecular weight excluding hydrogens is 324 g/mol. The molecule has 1 atom stereocenters. The summed E-state index contributed by atoms with van der Waals surface area (Å²) in [6, 6.07) is 8.49. The lowest BCUT2D eigenvalue weighted by Gasteiger charge is -2.36. The van der Waals surface area contributed by atoms with Gasteiger partial charge in [0.1, 0.15) is 5.60 Å². The van der Waals surface area contributed by atoms with E-state index in [2.05, 4.69) is 29.3 Å². The summed E-state index contributed by atoms with van der Waals surface area (Å²) in [6.45, 7) is 10.7. The van der Waals surface area contributed by atoms with Crippen LogP contribution in [0.25, 0.3) is 0 Å². The molecule has 1 saturated heterocycles. The van der Waals surface area contributed by atoms with Crippen molar-refractivity contribution in [2.45, 2.75) is 52.2 Å². The van der Waals surface area contributed by atoms with Crippen LogP contribution in [0.2, 0.25) is 5.02 Å². The Bertz CT molecular complexity index is 531. The number of rotatable bonds is 4. The first kappa shape index (κ1) is 19.1. The average molecular weight is 353 g/mol. The molecule has 0 spiro atoms. The summed E-state index contributed by atoms with van der Waals surface area (Å²) >= 11 is 5.96. The van der Waals surface area contributed by atoms with Crippen molar-refractivity contribution in [2.75, 3.05) is 19.6 Å². The van der Waals surface area contributed by atoms with E-state index in [1.54, 1.807) is 0 Å². The molecule has 1 heterocycles. The van der Waals surface area contributed by atoms with Gasteiger partial charge in [0.2, 0.25) is 0 Å². The van der Waals surface area contributed by atoms with Crippen molar-refractivity contribution in [3.63, 3.8) is 0 Å². The second-order valence-electron chi connectivity index (χ2n) is 7.59. The van der Waals surface area contributed by atoms with Gasteiger partial charge in [-0.3, -0.25) is 4.90 Å². The highest BCUT2D eigenvalue weighted by molar-refractivity contribution is 6.30. The largest absolute Gasteiger partial charge is 0.444 e. The number of alkyl carbamates (subject to hydrolysis) is 1. The Balaban J connectivity index is 1.75. The molecule has 1 unspecified atom stereocenters. The molecular formula is C19H29ClN2O2. The Morgan fingerprint density at radius 2 is 1.88 bits per heavy atom. The second kappa shape index (κ2) is 8.21. The maximum atomic E-state index is 11.7. The van der Waals surface area contributed by atoms with Crippen LogP contribution in [0.3, 0.4) is 0 Å². The van der Waals surface area contributed by atoms with Crippen molar-refractivity contribution < 1.29 is 9.53 Å². The molecule has 24 heavy (non-hydrogen) atoms. The van der Waals surface area contributed by atoms with Gasteiger partial charge in [-0.1, -0.05) is 23.7 Å². The predicted molar refractivity (Wildman–Crippen MR) is 98.4 cm³/mol.